The van der Waals surface area contributed by atoms with Crippen molar-refractivity contribution in [2.45, 2.75) is 46.4 Å². The average Bonchev–Trinajstić information content (AvgIpc) is 2.36. The van der Waals surface area contributed by atoms with Gasteiger partial charge in [0.1, 0.15) is 0 Å². The molecule has 0 atom stereocenters. The summed E-state index contributed by atoms with van der Waals surface area (Å²) in [5, 5.41) is 3.43. The summed E-state index contributed by atoms with van der Waals surface area (Å²) in [6, 6.07) is 7.01. The molecule has 0 fully saturated rings. The molecule has 1 aromatic rings. The average molecular weight is 343 g/mol. The zero-order valence-electron chi connectivity index (χ0n) is 13.2. The normalized spacial score (nSPS) is 11.4. The summed E-state index contributed by atoms with van der Waals surface area (Å²) in [6.07, 6.45) is 0.291. The zero-order valence-corrected chi connectivity index (χ0v) is 14.8. The lowest BCUT2D eigenvalue weighted by Crippen LogP contribution is -2.24. The van der Waals surface area contributed by atoms with E-state index in [-0.39, 0.29) is 0 Å². The van der Waals surface area contributed by atoms with E-state index in [1.165, 1.54) is 11.3 Å². The predicted octanol–water partition coefficient (Wildman–Crippen LogP) is 3.81. The molecule has 1 aromatic carbocycles. The molecular weight excluding hydrogens is 316 g/mol. The molecule has 0 heterocycles. The third-order valence-electron chi connectivity index (χ3n) is 3.06. The number of likely N-dealkylation sites (N-methyl/N-ethyl adjacent to an activating group) is 1. The standard InChI is InChI=1S/C16H27BrN2O/c1-12(2)18-11-14-6-7-15(10-16(14)17)19(5)8-9-20-13(3)4/h6-7,10,12-13,18H,8-9,11H2,1-5H3. The van der Waals surface area contributed by atoms with Gasteiger partial charge in [0.25, 0.3) is 0 Å². The first kappa shape index (κ1) is 17.5. The lowest BCUT2D eigenvalue weighted by atomic mass is 10.2. The van der Waals surface area contributed by atoms with Crippen LogP contribution in [0.2, 0.25) is 0 Å². The SMILES string of the molecule is CC(C)NCc1ccc(N(C)CCOC(C)C)cc1Br. The highest BCUT2D eigenvalue weighted by molar-refractivity contribution is 9.10. The van der Waals surface area contributed by atoms with Gasteiger partial charge in [0, 0.05) is 36.3 Å². The molecule has 0 aliphatic carbocycles. The van der Waals surface area contributed by atoms with Crippen molar-refractivity contribution >= 4 is 21.6 Å². The van der Waals surface area contributed by atoms with Gasteiger partial charge in [-0.2, -0.15) is 0 Å². The lowest BCUT2D eigenvalue weighted by molar-refractivity contribution is 0.0846. The van der Waals surface area contributed by atoms with Gasteiger partial charge in [0.05, 0.1) is 12.7 Å². The Kier molecular flexibility index (Phi) is 7.56. The van der Waals surface area contributed by atoms with Crippen LogP contribution in [-0.2, 0) is 11.3 Å². The fourth-order valence-corrected chi connectivity index (χ4v) is 2.29. The summed E-state index contributed by atoms with van der Waals surface area (Å²) >= 11 is 3.66. The van der Waals surface area contributed by atoms with Crippen LogP contribution in [0.25, 0.3) is 0 Å². The zero-order chi connectivity index (χ0) is 15.1. The van der Waals surface area contributed by atoms with Crippen LogP contribution in [-0.4, -0.2) is 32.3 Å². The van der Waals surface area contributed by atoms with Gasteiger partial charge in [-0.05, 0) is 31.5 Å². The Bertz CT molecular complexity index is 407. The van der Waals surface area contributed by atoms with E-state index in [1.807, 2.05) is 0 Å². The molecule has 0 aliphatic heterocycles. The fraction of sp³-hybridized carbons (Fsp3) is 0.625. The minimum atomic E-state index is 0.291. The van der Waals surface area contributed by atoms with Crippen molar-refractivity contribution in [1.29, 1.82) is 0 Å². The molecule has 20 heavy (non-hydrogen) atoms. The summed E-state index contributed by atoms with van der Waals surface area (Å²) in [5.41, 5.74) is 2.49. The molecule has 0 spiro atoms. The van der Waals surface area contributed by atoms with Crippen LogP contribution in [0.3, 0.4) is 0 Å². The van der Waals surface area contributed by atoms with Gasteiger partial charge >= 0.3 is 0 Å². The van der Waals surface area contributed by atoms with Gasteiger partial charge in [-0.3, -0.25) is 0 Å². The van der Waals surface area contributed by atoms with E-state index in [0.717, 1.165) is 24.2 Å². The van der Waals surface area contributed by atoms with E-state index in [9.17, 15) is 0 Å². The third-order valence-corrected chi connectivity index (χ3v) is 3.79. The Morgan fingerprint density at radius 2 is 1.95 bits per heavy atom. The van der Waals surface area contributed by atoms with Crippen LogP contribution in [0.5, 0.6) is 0 Å². The van der Waals surface area contributed by atoms with E-state index < -0.39 is 0 Å². The molecule has 0 aliphatic rings. The number of ether oxygens (including phenoxy) is 1. The van der Waals surface area contributed by atoms with E-state index in [2.05, 4.69) is 79.1 Å². The highest BCUT2D eigenvalue weighted by Gasteiger charge is 2.06. The van der Waals surface area contributed by atoms with Crippen LogP contribution in [0, 0.1) is 0 Å². The Labute approximate surface area is 131 Å². The molecule has 0 radical (unpaired) electrons. The maximum Gasteiger partial charge on any atom is 0.0644 e. The Morgan fingerprint density at radius 3 is 2.50 bits per heavy atom. The minimum absolute atomic E-state index is 0.291. The maximum atomic E-state index is 5.59. The minimum Gasteiger partial charge on any atom is -0.377 e. The number of nitrogens with zero attached hydrogens (tertiary/aromatic N) is 1. The van der Waals surface area contributed by atoms with Gasteiger partial charge in [-0.25, -0.2) is 0 Å². The summed E-state index contributed by atoms with van der Waals surface area (Å²) in [6.45, 7) is 11.0. The lowest BCUT2D eigenvalue weighted by Gasteiger charge is -2.21. The molecule has 0 saturated carbocycles. The number of benzene rings is 1. The first-order chi connectivity index (χ1) is 9.40. The summed E-state index contributed by atoms with van der Waals surface area (Å²) < 4.78 is 6.74. The summed E-state index contributed by atoms with van der Waals surface area (Å²) in [4.78, 5) is 2.22. The topological polar surface area (TPSA) is 24.5 Å². The molecule has 0 bridgehead atoms. The van der Waals surface area contributed by atoms with Crippen molar-refractivity contribution < 1.29 is 4.74 Å². The molecule has 3 nitrogen and oxygen atoms in total. The number of rotatable bonds is 8. The first-order valence-electron chi connectivity index (χ1n) is 7.24. The van der Waals surface area contributed by atoms with Crippen LogP contribution in [0.1, 0.15) is 33.3 Å². The van der Waals surface area contributed by atoms with Crippen LogP contribution in [0.4, 0.5) is 5.69 Å². The van der Waals surface area contributed by atoms with Crippen LogP contribution in [0.15, 0.2) is 22.7 Å². The predicted molar refractivity (Wildman–Crippen MR) is 90.5 cm³/mol. The van der Waals surface area contributed by atoms with Crippen LogP contribution < -0.4 is 10.2 Å². The molecule has 0 unspecified atom stereocenters. The van der Waals surface area contributed by atoms with Crippen molar-refractivity contribution in [3.8, 4) is 0 Å². The third kappa shape index (κ3) is 6.25. The number of hydrogen-bond donors (Lipinski definition) is 1. The number of anilines is 1. The van der Waals surface area contributed by atoms with E-state index >= 15 is 0 Å². The molecule has 114 valence electrons. The van der Waals surface area contributed by atoms with Crippen LogP contribution >= 0.6 is 15.9 Å². The van der Waals surface area contributed by atoms with Crippen molar-refractivity contribution in [2.75, 3.05) is 25.1 Å². The fourth-order valence-electron chi connectivity index (χ4n) is 1.79. The highest BCUT2D eigenvalue weighted by atomic mass is 79.9. The Morgan fingerprint density at radius 1 is 1.25 bits per heavy atom. The summed E-state index contributed by atoms with van der Waals surface area (Å²) in [5.74, 6) is 0. The Hall–Kier alpha value is -0.580. The molecular formula is C16H27BrN2O. The second-order valence-electron chi connectivity index (χ2n) is 5.65. The smallest absolute Gasteiger partial charge is 0.0644 e. The molecule has 0 amide bonds. The van der Waals surface area contributed by atoms with Gasteiger partial charge in [0.2, 0.25) is 0 Å². The molecule has 0 saturated heterocycles. The van der Waals surface area contributed by atoms with Gasteiger partial charge < -0.3 is 15.0 Å². The van der Waals surface area contributed by atoms with Crippen molar-refractivity contribution in [1.82, 2.24) is 5.32 Å². The van der Waals surface area contributed by atoms with E-state index in [0.29, 0.717) is 12.1 Å². The number of nitrogens with one attached hydrogen (secondary N) is 1. The molecule has 1 rings (SSSR count). The molecule has 4 heteroatoms. The van der Waals surface area contributed by atoms with Crippen molar-refractivity contribution in [3.05, 3.63) is 28.2 Å². The second-order valence-corrected chi connectivity index (χ2v) is 6.51. The highest BCUT2D eigenvalue weighted by Crippen LogP contribution is 2.23. The van der Waals surface area contributed by atoms with Gasteiger partial charge in [-0.15, -0.1) is 0 Å². The summed E-state index contributed by atoms with van der Waals surface area (Å²) in [7, 11) is 2.09. The quantitative estimate of drug-likeness (QED) is 0.777. The second kappa shape index (κ2) is 8.65. The molecule has 1 N–H and O–H groups in total. The number of halogens is 1. The molecule has 0 aromatic heterocycles. The van der Waals surface area contributed by atoms with Gasteiger partial charge in [0.15, 0.2) is 0 Å². The van der Waals surface area contributed by atoms with E-state index in [4.69, 9.17) is 4.74 Å². The maximum absolute atomic E-state index is 5.59. The first-order valence-corrected chi connectivity index (χ1v) is 8.04. The largest absolute Gasteiger partial charge is 0.377 e. The van der Waals surface area contributed by atoms with Crippen molar-refractivity contribution in [3.63, 3.8) is 0 Å². The van der Waals surface area contributed by atoms with Gasteiger partial charge in [-0.1, -0.05) is 35.8 Å². The monoisotopic (exact) mass is 342 g/mol. The number of hydrogen-bond acceptors (Lipinski definition) is 3. The van der Waals surface area contributed by atoms with Crippen molar-refractivity contribution in [2.24, 2.45) is 0 Å². The Balaban J connectivity index is 2.57. The van der Waals surface area contributed by atoms with E-state index in [1.54, 1.807) is 0 Å².